The van der Waals surface area contributed by atoms with Gasteiger partial charge in [0.2, 0.25) is 17.6 Å². The van der Waals surface area contributed by atoms with E-state index in [2.05, 4.69) is 15.5 Å². The molecule has 0 saturated heterocycles. The number of nitrogens with one attached hydrogen (secondary N) is 1. The van der Waals surface area contributed by atoms with Crippen molar-refractivity contribution in [2.75, 3.05) is 20.1 Å². The van der Waals surface area contributed by atoms with Gasteiger partial charge in [0, 0.05) is 12.1 Å². The van der Waals surface area contributed by atoms with Gasteiger partial charge < -0.3 is 9.84 Å². The lowest BCUT2D eigenvalue weighted by Crippen LogP contribution is -2.35. The van der Waals surface area contributed by atoms with Crippen LogP contribution in [0.1, 0.15) is 24.8 Å². The molecule has 0 atom stereocenters. The van der Waals surface area contributed by atoms with Gasteiger partial charge in [-0.15, -0.1) is 0 Å². The van der Waals surface area contributed by atoms with Gasteiger partial charge >= 0.3 is 6.18 Å². The number of hydrogen-bond acceptors (Lipinski definition) is 5. The molecule has 0 aliphatic heterocycles. The third-order valence-corrected chi connectivity index (χ3v) is 3.31. The SMILES string of the molecule is CCCNC(=O)CN(C)Cc1nc(-c2cccc(C(F)(F)F)c2)no1. The van der Waals surface area contributed by atoms with Crippen molar-refractivity contribution in [3.8, 4) is 11.4 Å². The third-order valence-electron chi connectivity index (χ3n) is 3.31. The summed E-state index contributed by atoms with van der Waals surface area (Å²) in [6.07, 6.45) is -3.59. The summed E-state index contributed by atoms with van der Waals surface area (Å²) < 4.78 is 43.3. The van der Waals surface area contributed by atoms with Crippen LogP contribution in [0.5, 0.6) is 0 Å². The lowest BCUT2D eigenvalue weighted by atomic mass is 10.1. The van der Waals surface area contributed by atoms with E-state index in [4.69, 9.17) is 4.52 Å². The Morgan fingerprint density at radius 1 is 1.36 bits per heavy atom. The van der Waals surface area contributed by atoms with Crippen molar-refractivity contribution in [2.24, 2.45) is 0 Å². The van der Waals surface area contributed by atoms with Crippen molar-refractivity contribution in [1.82, 2.24) is 20.4 Å². The van der Waals surface area contributed by atoms with Crippen molar-refractivity contribution in [2.45, 2.75) is 26.1 Å². The lowest BCUT2D eigenvalue weighted by molar-refractivity contribution is -0.137. The van der Waals surface area contributed by atoms with Crippen molar-refractivity contribution < 1.29 is 22.5 Å². The molecule has 136 valence electrons. The number of benzene rings is 1. The van der Waals surface area contributed by atoms with Crippen LogP contribution in [-0.2, 0) is 17.5 Å². The summed E-state index contributed by atoms with van der Waals surface area (Å²) in [4.78, 5) is 17.4. The molecule has 25 heavy (non-hydrogen) atoms. The van der Waals surface area contributed by atoms with E-state index in [1.54, 1.807) is 11.9 Å². The van der Waals surface area contributed by atoms with E-state index in [9.17, 15) is 18.0 Å². The molecule has 2 rings (SSSR count). The van der Waals surface area contributed by atoms with E-state index in [1.807, 2.05) is 6.92 Å². The molecule has 0 aliphatic rings. The smallest absolute Gasteiger partial charge is 0.355 e. The van der Waals surface area contributed by atoms with Crippen molar-refractivity contribution in [1.29, 1.82) is 0 Å². The second-order valence-corrected chi connectivity index (χ2v) is 5.61. The van der Waals surface area contributed by atoms with Crippen molar-refractivity contribution in [3.63, 3.8) is 0 Å². The molecule has 0 bridgehead atoms. The fourth-order valence-corrected chi connectivity index (χ4v) is 2.12. The number of carbonyl (C=O) groups is 1. The van der Waals surface area contributed by atoms with E-state index < -0.39 is 11.7 Å². The Labute approximate surface area is 143 Å². The minimum absolute atomic E-state index is 0.0740. The number of carbonyl (C=O) groups excluding carboxylic acids is 1. The molecule has 2 aromatic rings. The Balaban J connectivity index is 2.02. The van der Waals surface area contributed by atoms with E-state index >= 15 is 0 Å². The highest BCUT2D eigenvalue weighted by atomic mass is 19.4. The topological polar surface area (TPSA) is 71.3 Å². The molecule has 9 heteroatoms. The van der Waals surface area contributed by atoms with Gasteiger partial charge in [0.25, 0.3) is 0 Å². The van der Waals surface area contributed by atoms with Crippen LogP contribution in [0, 0.1) is 0 Å². The molecule has 1 aromatic heterocycles. The standard InChI is InChI=1S/C16H19F3N4O2/c1-3-7-20-13(24)9-23(2)10-14-21-15(22-25-14)11-5-4-6-12(8-11)16(17,18)19/h4-6,8H,3,7,9-10H2,1-2H3,(H,20,24). The number of likely N-dealkylation sites (N-methyl/N-ethyl adjacent to an activating group) is 1. The largest absolute Gasteiger partial charge is 0.416 e. The maximum absolute atomic E-state index is 12.8. The Kier molecular flexibility index (Phi) is 6.13. The highest BCUT2D eigenvalue weighted by molar-refractivity contribution is 5.77. The second kappa shape index (κ2) is 8.11. The minimum Gasteiger partial charge on any atom is -0.355 e. The first-order valence-electron chi connectivity index (χ1n) is 7.75. The van der Waals surface area contributed by atoms with Gasteiger partial charge in [0.15, 0.2) is 0 Å². The fourth-order valence-electron chi connectivity index (χ4n) is 2.12. The Morgan fingerprint density at radius 2 is 2.12 bits per heavy atom. The first-order valence-corrected chi connectivity index (χ1v) is 7.75. The van der Waals surface area contributed by atoms with Crippen LogP contribution >= 0.6 is 0 Å². The van der Waals surface area contributed by atoms with Crippen LogP contribution < -0.4 is 5.32 Å². The maximum Gasteiger partial charge on any atom is 0.416 e. The summed E-state index contributed by atoms with van der Waals surface area (Å²) >= 11 is 0. The third kappa shape index (κ3) is 5.56. The normalized spacial score (nSPS) is 11.8. The predicted octanol–water partition coefficient (Wildman–Crippen LogP) is 2.71. The Morgan fingerprint density at radius 3 is 2.80 bits per heavy atom. The highest BCUT2D eigenvalue weighted by Crippen LogP contribution is 2.31. The van der Waals surface area contributed by atoms with E-state index in [-0.39, 0.29) is 36.3 Å². The number of aromatic nitrogens is 2. The Hall–Kier alpha value is -2.42. The number of nitrogens with zero attached hydrogens (tertiary/aromatic N) is 3. The van der Waals surface area contributed by atoms with Gasteiger partial charge in [-0.3, -0.25) is 9.69 Å². The quantitative estimate of drug-likeness (QED) is 0.826. The van der Waals surface area contributed by atoms with Crippen LogP contribution in [0.15, 0.2) is 28.8 Å². The fraction of sp³-hybridized carbons (Fsp3) is 0.438. The number of halogens is 3. The molecule has 0 unspecified atom stereocenters. The van der Waals surface area contributed by atoms with Gasteiger partial charge in [-0.25, -0.2) is 0 Å². The average molecular weight is 356 g/mol. The molecule has 1 amide bonds. The summed E-state index contributed by atoms with van der Waals surface area (Å²) in [6, 6.07) is 4.72. The van der Waals surface area contributed by atoms with Crippen LogP contribution in [-0.4, -0.2) is 41.1 Å². The second-order valence-electron chi connectivity index (χ2n) is 5.61. The van der Waals surface area contributed by atoms with E-state index in [0.717, 1.165) is 18.6 Å². The number of alkyl halides is 3. The highest BCUT2D eigenvalue weighted by Gasteiger charge is 2.30. The lowest BCUT2D eigenvalue weighted by Gasteiger charge is -2.13. The molecule has 0 radical (unpaired) electrons. The summed E-state index contributed by atoms with van der Waals surface area (Å²) in [6.45, 7) is 2.93. The van der Waals surface area contributed by atoms with Crippen LogP contribution in [0.3, 0.4) is 0 Å². The zero-order valence-corrected chi connectivity index (χ0v) is 13.9. The van der Waals surface area contributed by atoms with Crippen LogP contribution in [0.4, 0.5) is 13.2 Å². The monoisotopic (exact) mass is 356 g/mol. The summed E-state index contributed by atoms with van der Waals surface area (Å²) in [5.41, 5.74) is -0.561. The first-order chi connectivity index (χ1) is 11.8. The number of rotatable bonds is 7. The maximum atomic E-state index is 12.8. The number of hydrogen-bond donors (Lipinski definition) is 1. The molecule has 0 spiro atoms. The summed E-state index contributed by atoms with van der Waals surface area (Å²) in [5, 5.41) is 6.46. The van der Waals surface area contributed by atoms with Crippen molar-refractivity contribution >= 4 is 5.91 Å². The summed E-state index contributed by atoms with van der Waals surface area (Å²) in [7, 11) is 1.71. The van der Waals surface area contributed by atoms with E-state index in [1.165, 1.54) is 12.1 Å². The molecule has 1 heterocycles. The Bertz CT molecular complexity index is 715. The van der Waals surface area contributed by atoms with Crippen molar-refractivity contribution in [3.05, 3.63) is 35.7 Å². The van der Waals surface area contributed by atoms with E-state index in [0.29, 0.717) is 6.54 Å². The molecule has 0 aliphatic carbocycles. The van der Waals surface area contributed by atoms with Gasteiger partial charge in [0.05, 0.1) is 18.7 Å². The molecular formula is C16H19F3N4O2. The van der Waals surface area contributed by atoms with Gasteiger partial charge in [0.1, 0.15) is 0 Å². The van der Waals surface area contributed by atoms with Gasteiger partial charge in [-0.2, -0.15) is 18.2 Å². The zero-order chi connectivity index (χ0) is 18.4. The zero-order valence-electron chi connectivity index (χ0n) is 13.9. The molecule has 1 N–H and O–H groups in total. The molecule has 6 nitrogen and oxygen atoms in total. The molecule has 0 fully saturated rings. The first kappa shape index (κ1) is 18.9. The van der Waals surface area contributed by atoms with Gasteiger partial charge in [-0.1, -0.05) is 24.2 Å². The van der Waals surface area contributed by atoms with Gasteiger partial charge in [-0.05, 0) is 25.6 Å². The minimum atomic E-state index is -4.44. The average Bonchev–Trinajstić information content (AvgIpc) is 3.00. The summed E-state index contributed by atoms with van der Waals surface area (Å²) in [5.74, 6) is 0.171. The van der Waals surface area contributed by atoms with Crippen LogP contribution in [0.2, 0.25) is 0 Å². The predicted molar refractivity (Wildman–Crippen MR) is 84.4 cm³/mol. The van der Waals surface area contributed by atoms with Crippen LogP contribution in [0.25, 0.3) is 11.4 Å². The molecular weight excluding hydrogens is 337 g/mol. The number of amides is 1. The molecule has 0 saturated carbocycles. The molecule has 1 aromatic carbocycles.